The number of benzene rings is 2. The Balaban J connectivity index is 2.12. The molecule has 212 valence electrons. The Bertz CT molecular complexity index is 1680. The van der Waals surface area contributed by atoms with E-state index >= 15 is 0 Å². The van der Waals surface area contributed by atoms with Crippen LogP contribution in [0.4, 0.5) is 5.95 Å². The number of ether oxygens (including phenoxy) is 3. The van der Waals surface area contributed by atoms with Crippen LogP contribution in [0.2, 0.25) is 0 Å². The van der Waals surface area contributed by atoms with E-state index in [-0.39, 0.29) is 22.7 Å². The zero-order valence-electron chi connectivity index (χ0n) is 21.5. The summed E-state index contributed by atoms with van der Waals surface area (Å²) >= 11 is 0. The second-order valence-corrected chi connectivity index (χ2v) is 11.0. The summed E-state index contributed by atoms with van der Waals surface area (Å²) in [6.45, 7) is 1.52. The molecule has 0 bridgehead atoms. The number of hydrogen-bond acceptors (Lipinski definition) is 12. The van der Waals surface area contributed by atoms with E-state index in [9.17, 15) is 26.4 Å². The van der Waals surface area contributed by atoms with Crippen LogP contribution in [0.3, 0.4) is 0 Å². The van der Waals surface area contributed by atoms with Gasteiger partial charge in [0.25, 0.3) is 26.0 Å². The maximum Gasteiger partial charge on any atom is 0.339 e. The van der Waals surface area contributed by atoms with Gasteiger partial charge in [-0.05, 0) is 31.2 Å². The normalized spacial score (nSPS) is 11.3. The largest absolute Gasteiger partial charge is 0.481 e. The summed E-state index contributed by atoms with van der Waals surface area (Å²) in [4.78, 5) is 33.4. The Morgan fingerprint density at radius 1 is 0.825 bits per heavy atom. The van der Waals surface area contributed by atoms with E-state index in [0.29, 0.717) is 5.01 Å². The lowest BCUT2D eigenvalue weighted by Gasteiger charge is -2.25. The van der Waals surface area contributed by atoms with E-state index in [1.807, 2.05) is 9.55 Å². The molecular formula is C23H24N6O9S2. The fraction of sp³-hybridized carbons (Fsp3) is 0.174. The third-order valence-electron chi connectivity index (χ3n) is 5.06. The molecule has 0 aliphatic heterocycles. The molecule has 1 aromatic heterocycles. The molecule has 40 heavy (non-hydrogen) atoms. The first-order chi connectivity index (χ1) is 18.8. The van der Waals surface area contributed by atoms with Crippen LogP contribution in [0.25, 0.3) is 0 Å². The number of methoxy groups -OCH3 is 3. The van der Waals surface area contributed by atoms with Gasteiger partial charge in [0.05, 0.1) is 37.4 Å². The van der Waals surface area contributed by atoms with Gasteiger partial charge in [-0.2, -0.15) is 9.99 Å². The van der Waals surface area contributed by atoms with E-state index in [2.05, 4.69) is 19.4 Å². The minimum Gasteiger partial charge on any atom is -0.481 e. The van der Waals surface area contributed by atoms with Crippen molar-refractivity contribution in [2.24, 2.45) is 0 Å². The zero-order chi connectivity index (χ0) is 29.7. The molecule has 0 fully saturated rings. The summed E-state index contributed by atoms with van der Waals surface area (Å²) in [7, 11) is -5.99. The van der Waals surface area contributed by atoms with Crippen molar-refractivity contribution >= 4 is 43.9 Å². The topological polar surface area (TPSA) is 207 Å². The summed E-state index contributed by atoms with van der Waals surface area (Å²) in [6.07, 6.45) is 0. The lowest BCUT2D eigenvalue weighted by Crippen LogP contribution is -2.53. The standard InChI is InChI=1S/C23H24N6O9S2/c1-14-13-19(36-2)26-23(25-14)29(28-40(34,35)18-12-8-6-10-16(18)21(31)38-4)22(24)27-39(32,33)17-11-7-5-9-15(17)20(30)37-3/h5-13,28H,1-4H3,(H2,24,27). The molecule has 0 saturated carbocycles. The molecule has 0 aliphatic carbocycles. The molecule has 0 radical (unpaired) electrons. The van der Waals surface area contributed by atoms with Crippen molar-refractivity contribution in [1.29, 1.82) is 5.41 Å². The van der Waals surface area contributed by atoms with Gasteiger partial charge in [0.1, 0.15) is 4.90 Å². The first-order valence-electron chi connectivity index (χ1n) is 11.0. The number of carbonyl (C=O) groups excluding carboxylic acids is 2. The van der Waals surface area contributed by atoms with Crippen molar-refractivity contribution in [3.8, 4) is 5.88 Å². The molecule has 0 saturated heterocycles. The molecular weight excluding hydrogens is 568 g/mol. The summed E-state index contributed by atoms with van der Waals surface area (Å²) in [6, 6.07) is 11.5. The van der Waals surface area contributed by atoms with Crippen LogP contribution in [-0.4, -0.2) is 66.0 Å². The molecule has 0 amide bonds. The van der Waals surface area contributed by atoms with Gasteiger partial charge in [-0.3, -0.25) is 5.41 Å². The zero-order valence-corrected chi connectivity index (χ0v) is 23.2. The molecule has 0 aliphatic rings. The van der Waals surface area contributed by atoms with E-state index in [1.54, 1.807) is 0 Å². The molecule has 17 heteroatoms. The van der Waals surface area contributed by atoms with E-state index in [4.69, 9.17) is 10.1 Å². The summed E-state index contributed by atoms with van der Waals surface area (Å²) in [5, 5.41) is 8.92. The van der Waals surface area contributed by atoms with Crippen molar-refractivity contribution in [3.63, 3.8) is 0 Å². The maximum absolute atomic E-state index is 13.4. The predicted octanol–water partition coefficient (Wildman–Crippen LogP) is 0.980. The maximum atomic E-state index is 13.4. The van der Waals surface area contributed by atoms with Gasteiger partial charge in [-0.15, -0.1) is 4.83 Å². The molecule has 3 N–H and O–H groups in total. The highest BCUT2D eigenvalue weighted by Crippen LogP contribution is 2.21. The van der Waals surface area contributed by atoms with Crippen LogP contribution < -0.4 is 19.3 Å². The van der Waals surface area contributed by atoms with Crippen LogP contribution >= 0.6 is 0 Å². The SMILES string of the molecule is COC(=O)c1ccccc1S(=O)(=O)NC(=N)N(NS(=O)(=O)c1ccccc1C(=O)OC)c1nc(C)cc(OC)n1. The third kappa shape index (κ3) is 6.50. The number of aryl methyl sites for hydroxylation is 1. The number of aromatic nitrogens is 2. The predicted molar refractivity (Wildman–Crippen MR) is 140 cm³/mol. The number of rotatable bonds is 9. The Kier molecular flexibility index (Phi) is 9.02. The summed E-state index contributed by atoms with van der Waals surface area (Å²) in [5.74, 6) is -3.56. The fourth-order valence-electron chi connectivity index (χ4n) is 3.27. The van der Waals surface area contributed by atoms with E-state index < -0.39 is 53.7 Å². The number of nitrogens with one attached hydrogen (secondary N) is 3. The van der Waals surface area contributed by atoms with Crippen molar-refractivity contribution < 1.29 is 40.6 Å². The van der Waals surface area contributed by atoms with Gasteiger partial charge in [-0.1, -0.05) is 24.3 Å². The van der Waals surface area contributed by atoms with Crippen LogP contribution in [0, 0.1) is 12.3 Å². The second-order valence-electron chi connectivity index (χ2n) is 7.71. The van der Waals surface area contributed by atoms with Crippen molar-refractivity contribution in [3.05, 3.63) is 71.4 Å². The first kappa shape index (κ1) is 29.9. The number of hydrogen-bond donors (Lipinski definition) is 3. The number of hydrazine groups is 1. The fourth-order valence-corrected chi connectivity index (χ4v) is 5.64. The lowest BCUT2D eigenvalue weighted by molar-refractivity contribution is 0.0587. The van der Waals surface area contributed by atoms with Crippen molar-refractivity contribution in [2.75, 3.05) is 26.3 Å². The molecule has 0 spiro atoms. The van der Waals surface area contributed by atoms with Gasteiger partial charge >= 0.3 is 11.9 Å². The number of guanidine groups is 1. The van der Waals surface area contributed by atoms with Crippen LogP contribution in [0.5, 0.6) is 5.88 Å². The van der Waals surface area contributed by atoms with Crippen LogP contribution in [0.1, 0.15) is 26.4 Å². The van der Waals surface area contributed by atoms with Crippen molar-refractivity contribution in [2.45, 2.75) is 16.7 Å². The van der Waals surface area contributed by atoms with Crippen molar-refractivity contribution in [1.82, 2.24) is 19.5 Å². The van der Waals surface area contributed by atoms with E-state index in [1.165, 1.54) is 56.5 Å². The highest BCUT2D eigenvalue weighted by atomic mass is 32.2. The molecule has 3 rings (SSSR count). The average Bonchev–Trinajstić information content (AvgIpc) is 2.94. The number of carbonyl (C=O) groups is 2. The van der Waals surface area contributed by atoms with Gasteiger partial charge in [0.15, 0.2) is 0 Å². The minimum absolute atomic E-state index is 0.0339. The Morgan fingerprint density at radius 2 is 1.32 bits per heavy atom. The summed E-state index contributed by atoms with van der Waals surface area (Å²) in [5.41, 5.74) is -0.398. The molecule has 15 nitrogen and oxygen atoms in total. The van der Waals surface area contributed by atoms with Gasteiger partial charge in [0, 0.05) is 11.8 Å². The van der Waals surface area contributed by atoms with Crippen LogP contribution in [-0.2, 0) is 29.5 Å². The van der Waals surface area contributed by atoms with Gasteiger partial charge in [-0.25, -0.2) is 36.1 Å². The molecule has 1 heterocycles. The number of esters is 2. The minimum atomic E-state index is -4.71. The quantitative estimate of drug-likeness (QED) is 0.138. The highest BCUT2D eigenvalue weighted by molar-refractivity contribution is 7.90. The second kappa shape index (κ2) is 12.1. The first-order valence-corrected chi connectivity index (χ1v) is 14.0. The third-order valence-corrected chi connectivity index (χ3v) is 7.81. The van der Waals surface area contributed by atoms with Crippen LogP contribution in [0.15, 0.2) is 64.4 Å². The Morgan fingerprint density at radius 3 is 1.82 bits per heavy atom. The molecule has 3 aromatic rings. The van der Waals surface area contributed by atoms with Gasteiger partial charge in [0.2, 0.25) is 11.8 Å². The smallest absolute Gasteiger partial charge is 0.339 e. The number of anilines is 1. The average molecular weight is 593 g/mol. The monoisotopic (exact) mass is 592 g/mol. The molecule has 0 atom stereocenters. The molecule has 0 unspecified atom stereocenters. The lowest BCUT2D eigenvalue weighted by atomic mass is 10.2. The number of sulfonamides is 2. The highest BCUT2D eigenvalue weighted by Gasteiger charge is 2.31. The molecule has 2 aromatic carbocycles. The van der Waals surface area contributed by atoms with E-state index in [0.717, 1.165) is 26.4 Å². The Hall–Kier alpha value is -4.61. The Labute approximate surface area is 229 Å². The number of nitrogens with zero attached hydrogens (tertiary/aromatic N) is 3. The summed E-state index contributed by atoms with van der Waals surface area (Å²) < 4.78 is 69.6. The van der Waals surface area contributed by atoms with Gasteiger partial charge < -0.3 is 14.2 Å².